The second kappa shape index (κ2) is 9.12. The molecular formula is C21H32BrNO3. The molecule has 0 saturated carbocycles. The number of piperidine rings is 1. The Bertz CT molecular complexity index is 612. The highest BCUT2D eigenvalue weighted by molar-refractivity contribution is 9.10. The van der Waals surface area contributed by atoms with E-state index in [0.29, 0.717) is 19.1 Å². The van der Waals surface area contributed by atoms with Crippen LogP contribution in [0.25, 0.3) is 0 Å². The summed E-state index contributed by atoms with van der Waals surface area (Å²) in [6.45, 7) is 9.89. The summed E-state index contributed by atoms with van der Waals surface area (Å²) in [5, 5.41) is 9.58. The fraction of sp³-hybridized carbons (Fsp3) is 0.667. The molecule has 1 fully saturated rings. The van der Waals surface area contributed by atoms with Gasteiger partial charge in [-0.2, -0.15) is 0 Å². The highest BCUT2D eigenvalue weighted by atomic mass is 79.9. The van der Waals surface area contributed by atoms with Crippen LogP contribution in [-0.4, -0.2) is 35.3 Å². The molecule has 2 rings (SSSR count). The Kier molecular flexibility index (Phi) is 7.39. The van der Waals surface area contributed by atoms with E-state index < -0.39 is 6.09 Å². The van der Waals surface area contributed by atoms with Gasteiger partial charge in [0.15, 0.2) is 0 Å². The molecule has 1 N–H and O–H groups in total. The number of unbranched alkanes of at least 4 members (excludes halogenated alkanes) is 1. The van der Waals surface area contributed by atoms with Crippen LogP contribution in [0, 0.1) is 18.3 Å². The topological polar surface area (TPSA) is 49.8 Å². The molecule has 26 heavy (non-hydrogen) atoms. The number of ether oxygens (including phenoxy) is 1. The molecule has 0 bridgehead atoms. The molecule has 1 heterocycles. The highest BCUT2D eigenvalue weighted by Crippen LogP contribution is 2.38. The van der Waals surface area contributed by atoms with Crippen molar-refractivity contribution in [1.29, 1.82) is 0 Å². The average Bonchev–Trinajstić information content (AvgIpc) is 2.57. The molecule has 146 valence electrons. The van der Waals surface area contributed by atoms with E-state index in [9.17, 15) is 9.90 Å². The van der Waals surface area contributed by atoms with Crippen LogP contribution in [0.2, 0.25) is 0 Å². The fourth-order valence-corrected chi connectivity index (χ4v) is 4.55. The number of nitrogens with zero attached hydrogens (tertiary/aromatic N) is 1. The van der Waals surface area contributed by atoms with Crippen LogP contribution in [0.4, 0.5) is 4.79 Å². The van der Waals surface area contributed by atoms with Gasteiger partial charge in [0.25, 0.3) is 0 Å². The van der Waals surface area contributed by atoms with Crippen molar-refractivity contribution in [1.82, 2.24) is 4.90 Å². The number of hydrogen-bond donors (Lipinski definition) is 1. The summed E-state index contributed by atoms with van der Waals surface area (Å²) in [6, 6.07) is 6.11. The molecule has 1 unspecified atom stereocenters. The van der Waals surface area contributed by atoms with Crippen LogP contribution in [0.3, 0.4) is 0 Å². The minimum absolute atomic E-state index is 0.0343. The van der Waals surface area contributed by atoms with Crippen LogP contribution in [0.1, 0.15) is 58.4 Å². The van der Waals surface area contributed by atoms with Gasteiger partial charge in [-0.3, -0.25) is 0 Å². The van der Waals surface area contributed by atoms with E-state index in [1.165, 1.54) is 0 Å². The summed E-state index contributed by atoms with van der Waals surface area (Å²) < 4.78 is 6.99. The number of carboxylic acid groups (broad SMARTS) is 1. The number of amides is 1. The zero-order valence-corrected chi connectivity index (χ0v) is 18.0. The predicted molar refractivity (Wildman–Crippen MR) is 109 cm³/mol. The Hall–Kier alpha value is -1.23. The molecule has 1 saturated heterocycles. The highest BCUT2D eigenvalue weighted by Gasteiger charge is 2.41. The normalized spacial score (nSPS) is 20.9. The Morgan fingerprint density at radius 1 is 1.35 bits per heavy atom. The first-order chi connectivity index (χ1) is 12.2. The quantitative estimate of drug-likeness (QED) is 0.559. The third kappa shape index (κ3) is 5.38. The van der Waals surface area contributed by atoms with E-state index in [1.807, 2.05) is 18.2 Å². The van der Waals surface area contributed by atoms with Crippen LogP contribution in [-0.2, 0) is 0 Å². The van der Waals surface area contributed by atoms with Crippen LogP contribution < -0.4 is 4.74 Å². The zero-order chi connectivity index (χ0) is 19.3. The molecule has 4 nitrogen and oxygen atoms in total. The number of hydrogen-bond acceptors (Lipinski definition) is 2. The molecular weight excluding hydrogens is 394 g/mol. The van der Waals surface area contributed by atoms with E-state index in [2.05, 4.69) is 43.6 Å². The summed E-state index contributed by atoms with van der Waals surface area (Å²) in [4.78, 5) is 13.3. The van der Waals surface area contributed by atoms with E-state index in [0.717, 1.165) is 47.9 Å². The van der Waals surface area contributed by atoms with Gasteiger partial charge in [0.1, 0.15) is 5.75 Å². The maximum absolute atomic E-state index is 11.7. The van der Waals surface area contributed by atoms with Gasteiger partial charge in [-0.1, -0.05) is 42.8 Å². The van der Waals surface area contributed by atoms with Crippen molar-refractivity contribution in [3.8, 4) is 5.75 Å². The van der Waals surface area contributed by atoms with Gasteiger partial charge < -0.3 is 14.7 Å². The van der Waals surface area contributed by atoms with Crippen LogP contribution in [0.15, 0.2) is 22.7 Å². The molecule has 0 aliphatic carbocycles. The van der Waals surface area contributed by atoms with Gasteiger partial charge in [0, 0.05) is 22.6 Å². The first kappa shape index (κ1) is 21.1. The molecule has 0 spiro atoms. The van der Waals surface area contributed by atoms with Crippen molar-refractivity contribution in [3.05, 3.63) is 28.2 Å². The molecule has 0 radical (unpaired) electrons. The van der Waals surface area contributed by atoms with E-state index in [4.69, 9.17) is 4.74 Å². The molecule has 1 aromatic rings. The largest absolute Gasteiger partial charge is 0.493 e. The van der Waals surface area contributed by atoms with E-state index in [1.54, 1.807) is 4.90 Å². The number of likely N-dealkylation sites (tertiary alicyclic amines) is 1. The molecule has 1 aromatic carbocycles. The molecule has 5 heteroatoms. The summed E-state index contributed by atoms with van der Waals surface area (Å²) >= 11 is 3.53. The average molecular weight is 426 g/mol. The molecule has 1 amide bonds. The van der Waals surface area contributed by atoms with Gasteiger partial charge in [0.05, 0.1) is 6.61 Å². The van der Waals surface area contributed by atoms with Gasteiger partial charge >= 0.3 is 6.09 Å². The third-order valence-corrected chi connectivity index (χ3v) is 6.19. The lowest BCUT2D eigenvalue weighted by Gasteiger charge is -2.47. The Balaban J connectivity index is 1.85. The summed E-state index contributed by atoms with van der Waals surface area (Å²) in [5.41, 5.74) is 1.10. The molecule has 1 aliphatic heterocycles. The maximum Gasteiger partial charge on any atom is 0.407 e. The molecule has 0 aromatic heterocycles. The van der Waals surface area contributed by atoms with E-state index >= 15 is 0 Å². The SMILES string of the molecule is Cc1c(Br)cccc1OCCCC[C@H]1CCCN(C(=O)O)C1C(C)(C)C. The second-order valence-corrected chi connectivity index (χ2v) is 9.25. The predicted octanol–water partition coefficient (Wildman–Crippen LogP) is 6.11. The summed E-state index contributed by atoms with van der Waals surface area (Å²) in [7, 11) is 0. The third-order valence-electron chi connectivity index (χ3n) is 5.33. The standard InChI is InChI=1S/C21H32BrNO3/c1-15-17(22)11-7-12-18(15)26-14-6-5-9-16-10-8-13-23(20(24)25)19(16)21(2,3)4/h7,11-12,16,19H,5-6,8-10,13-14H2,1-4H3,(H,24,25)/t16-,19?/m0/s1. The van der Waals surface area contributed by atoms with Crippen LogP contribution >= 0.6 is 15.9 Å². The van der Waals surface area contributed by atoms with Gasteiger partial charge in [-0.25, -0.2) is 4.79 Å². The van der Waals surface area contributed by atoms with Crippen molar-refractivity contribution in [3.63, 3.8) is 0 Å². The maximum atomic E-state index is 11.7. The molecule has 2 atom stereocenters. The zero-order valence-electron chi connectivity index (χ0n) is 16.4. The lowest BCUT2D eigenvalue weighted by molar-refractivity contribution is 0.0191. The second-order valence-electron chi connectivity index (χ2n) is 8.40. The first-order valence-electron chi connectivity index (χ1n) is 9.59. The van der Waals surface area contributed by atoms with Crippen molar-refractivity contribution in [2.45, 2.75) is 65.8 Å². The van der Waals surface area contributed by atoms with Crippen molar-refractivity contribution < 1.29 is 14.6 Å². The Morgan fingerprint density at radius 3 is 2.73 bits per heavy atom. The van der Waals surface area contributed by atoms with Crippen molar-refractivity contribution in [2.75, 3.05) is 13.2 Å². The fourth-order valence-electron chi connectivity index (χ4n) is 4.20. The van der Waals surface area contributed by atoms with Gasteiger partial charge in [-0.05, 0) is 62.5 Å². The number of halogens is 1. The Morgan fingerprint density at radius 2 is 2.08 bits per heavy atom. The van der Waals surface area contributed by atoms with Crippen molar-refractivity contribution >= 4 is 22.0 Å². The van der Waals surface area contributed by atoms with Crippen LogP contribution in [0.5, 0.6) is 5.75 Å². The minimum Gasteiger partial charge on any atom is -0.493 e. The van der Waals surface area contributed by atoms with E-state index in [-0.39, 0.29) is 11.5 Å². The van der Waals surface area contributed by atoms with Crippen molar-refractivity contribution in [2.24, 2.45) is 11.3 Å². The summed E-state index contributed by atoms with van der Waals surface area (Å²) in [6.07, 6.45) is 4.44. The lowest BCUT2D eigenvalue weighted by Crippen LogP contribution is -2.54. The lowest BCUT2D eigenvalue weighted by atomic mass is 9.72. The first-order valence-corrected chi connectivity index (χ1v) is 10.4. The number of benzene rings is 1. The molecule has 1 aliphatic rings. The Labute approximate surface area is 166 Å². The summed E-state index contributed by atoms with van der Waals surface area (Å²) in [5.74, 6) is 1.37. The monoisotopic (exact) mass is 425 g/mol. The number of carbonyl (C=O) groups is 1. The smallest absolute Gasteiger partial charge is 0.407 e. The number of rotatable bonds is 6. The minimum atomic E-state index is -0.775. The van der Waals surface area contributed by atoms with Gasteiger partial charge in [0.2, 0.25) is 0 Å². The van der Waals surface area contributed by atoms with Gasteiger partial charge in [-0.15, -0.1) is 0 Å².